The summed E-state index contributed by atoms with van der Waals surface area (Å²) in [6, 6.07) is 11.9. The number of amides is 2. The number of urea groups is 1. The molecule has 0 atom stereocenters. The van der Waals surface area contributed by atoms with Gasteiger partial charge in [-0.2, -0.15) is 0 Å². The molecule has 128 valence electrons. The number of carbonyl (C=O) groups excluding carboxylic acids is 1. The fourth-order valence-corrected chi connectivity index (χ4v) is 2.70. The summed E-state index contributed by atoms with van der Waals surface area (Å²) in [6.07, 6.45) is 0. The van der Waals surface area contributed by atoms with Gasteiger partial charge >= 0.3 is 6.03 Å². The fraction of sp³-hybridized carbons (Fsp3) is 0.188. The lowest BCUT2D eigenvalue weighted by molar-refractivity contribution is 0.240. The molecule has 0 unspecified atom stereocenters. The number of sulfonamides is 1. The van der Waals surface area contributed by atoms with Crippen LogP contribution in [0.4, 0.5) is 9.18 Å². The average Bonchev–Trinajstić information content (AvgIpc) is 2.59. The van der Waals surface area contributed by atoms with Gasteiger partial charge in [0, 0.05) is 18.7 Å². The van der Waals surface area contributed by atoms with E-state index in [1.165, 1.54) is 25.2 Å². The molecule has 2 amide bonds. The van der Waals surface area contributed by atoms with Crippen molar-refractivity contribution in [2.75, 3.05) is 7.05 Å². The van der Waals surface area contributed by atoms with E-state index in [4.69, 9.17) is 0 Å². The lowest BCUT2D eigenvalue weighted by Crippen LogP contribution is -2.34. The molecular formula is C16H18FN3O3S. The number of nitrogens with one attached hydrogen (secondary N) is 3. The summed E-state index contributed by atoms with van der Waals surface area (Å²) in [6.45, 7) is 0.306. The minimum absolute atomic E-state index is 0.0812. The Labute approximate surface area is 140 Å². The first-order chi connectivity index (χ1) is 11.4. The molecule has 6 nitrogen and oxygen atoms in total. The van der Waals surface area contributed by atoms with E-state index in [1.807, 2.05) is 0 Å². The molecule has 0 saturated carbocycles. The topological polar surface area (TPSA) is 87.3 Å². The fourth-order valence-electron chi connectivity index (χ4n) is 1.97. The summed E-state index contributed by atoms with van der Waals surface area (Å²) < 4.78 is 38.9. The van der Waals surface area contributed by atoms with Crippen molar-refractivity contribution in [1.82, 2.24) is 15.4 Å². The summed E-state index contributed by atoms with van der Waals surface area (Å²) >= 11 is 0. The zero-order chi connectivity index (χ0) is 17.6. The molecule has 24 heavy (non-hydrogen) atoms. The number of hydrogen-bond acceptors (Lipinski definition) is 3. The largest absolute Gasteiger partial charge is 0.334 e. The van der Waals surface area contributed by atoms with E-state index in [2.05, 4.69) is 15.4 Å². The third kappa shape index (κ3) is 4.77. The van der Waals surface area contributed by atoms with E-state index in [9.17, 15) is 17.6 Å². The van der Waals surface area contributed by atoms with Gasteiger partial charge in [0.05, 0.1) is 4.90 Å². The van der Waals surface area contributed by atoms with Crippen molar-refractivity contribution < 1.29 is 17.6 Å². The highest BCUT2D eigenvalue weighted by atomic mass is 32.2. The summed E-state index contributed by atoms with van der Waals surface area (Å²) in [5.74, 6) is -0.376. The molecule has 0 fully saturated rings. The van der Waals surface area contributed by atoms with Crippen LogP contribution in [0, 0.1) is 5.82 Å². The monoisotopic (exact) mass is 351 g/mol. The van der Waals surface area contributed by atoms with Crippen LogP contribution in [0.25, 0.3) is 0 Å². The Morgan fingerprint density at radius 3 is 2.25 bits per heavy atom. The van der Waals surface area contributed by atoms with E-state index >= 15 is 0 Å². The third-order valence-corrected chi connectivity index (χ3v) is 4.78. The Kier molecular flexibility index (Phi) is 5.88. The maximum absolute atomic E-state index is 13.4. The van der Waals surface area contributed by atoms with Crippen molar-refractivity contribution in [3.05, 3.63) is 65.5 Å². The van der Waals surface area contributed by atoms with Gasteiger partial charge in [0.1, 0.15) is 5.82 Å². The molecule has 8 heteroatoms. The molecule has 2 rings (SSSR count). The van der Waals surface area contributed by atoms with Gasteiger partial charge in [-0.15, -0.1) is 0 Å². The summed E-state index contributed by atoms with van der Waals surface area (Å²) in [5, 5.41) is 5.18. The standard InChI is InChI=1S/C16H18FN3O3S/c1-18-24(22,23)14-8-6-12(7-9-14)10-19-16(21)20-11-13-4-2-3-5-15(13)17/h2-9,18H,10-11H2,1H3,(H2,19,20,21). The minimum Gasteiger partial charge on any atom is -0.334 e. The second kappa shape index (κ2) is 7.89. The van der Waals surface area contributed by atoms with Crippen molar-refractivity contribution in [2.24, 2.45) is 0 Å². The summed E-state index contributed by atoms with van der Waals surface area (Å²) in [5.41, 5.74) is 1.14. The summed E-state index contributed by atoms with van der Waals surface area (Å²) in [7, 11) is -2.14. The van der Waals surface area contributed by atoms with Crippen LogP contribution in [-0.2, 0) is 23.1 Å². The molecule has 2 aromatic rings. The molecule has 0 spiro atoms. The van der Waals surface area contributed by atoms with E-state index in [0.29, 0.717) is 5.56 Å². The first kappa shape index (κ1) is 17.9. The van der Waals surface area contributed by atoms with Crippen LogP contribution in [0.3, 0.4) is 0 Å². The highest BCUT2D eigenvalue weighted by molar-refractivity contribution is 7.89. The zero-order valence-electron chi connectivity index (χ0n) is 13.0. The normalized spacial score (nSPS) is 11.1. The Morgan fingerprint density at radius 2 is 1.62 bits per heavy atom. The van der Waals surface area contributed by atoms with E-state index in [-0.39, 0.29) is 23.8 Å². The highest BCUT2D eigenvalue weighted by Crippen LogP contribution is 2.10. The maximum atomic E-state index is 13.4. The molecular weight excluding hydrogens is 333 g/mol. The van der Waals surface area contributed by atoms with Crippen LogP contribution >= 0.6 is 0 Å². The number of rotatable bonds is 6. The SMILES string of the molecule is CNS(=O)(=O)c1ccc(CNC(=O)NCc2ccccc2F)cc1. The molecule has 0 aromatic heterocycles. The molecule has 0 aliphatic carbocycles. The van der Waals surface area contributed by atoms with E-state index in [0.717, 1.165) is 5.56 Å². The highest BCUT2D eigenvalue weighted by Gasteiger charge is 2.10. The molecule has 0 bridgehead atoms. The molecule has 0 saturated heterocycles. The van der Waals surface area contributed by atoms with Gasteiger partial charge in [-0.3, -0.25) is 0 Å². The molecule has 0 aliphatic rings. The molecule has 3 N–H and O–H groups in total. The van der Waals surface area contributed by atoms with Crippen molar-refractivity contribution in [3.8, 4) is 0 Å². The van der Waals surface area contributed by atoms with E-state index < -0.39 is 16.1 Å². The quantitative estimate of drug-likeness (QED) is 0.741. The van der Waals surface area contributed by atoms with Crippen LogP contribution in [0.15, 0.2) is 53.4 Å². The average molecular weight is 351 g/mol. The van der Waals surface area contributed by atoms with Crippen LogP contribution in [0.2, 0.25) is 0 Å². The first-order valence-electron chi connectivity index (χ1n) is 7.20. The molecule has 0 radical (unpaired) electrons. The van der Waals surface area contributed by atoms with Gasteiger partial charge in [0.25, 0.3) is 0 Å². The van der Waals surface area contributed by atoms with Crippen LogP contribution in [0.5, 0.6) is 0 Å². The second-order valence-electron chi connectivity index (χ2n) is 4.98. The van der Waals surface area contributed by atoms with Crippen LogP contribution < -0.4 is 15.4 Å². The number of halogens is 1. The van der Waals surface area contributed by atoms with Crippen LogP contribution in [-0.4, -0.2) is 21.5 Å². The Hall–Kier alpha value is -2.45. The van der Waals surface area contributed by atoms with Crippen molar-refractivity contribution >= 4 is 16.1 Å². The molecule has 2 aromatic carbocycles. The lowest BCUT2D eigenvalue weighted by Gasteiger charge is -2.09. The van der Waals surface area contributed by atoms with Crippen molar-refractivity contribution in [2.45, 2.75) is 18.0 Å². The minimum atomic E-state index is -3.47. The van der Waals surface area contributed by atoms with Crippen molar-refractivity contribution in [1.29, 1.82) is 0 Å². The molecule has 0 aliphatic heterocycles. The van der Waals surface area contributed by atoms with Gasteiger partial charge < -0.3 is 10.6 Å². The predicted molar refractivity (Wildman–Crippen MR) is 88.2 cm³/mol. The predicted octanol–water partition coefficient (Wildman–Crippen LogP) is 1.73. The van der Waals surface area contributed by atoms with Crippen LogP contribution in [0.1, 0.15) is 11.1 Å². The van der Waals surface area contributed by atoms with Gasteiger partial charge in [-0.05, 0) is 30.8 Å². The Morgan fingerprint density at radius 1 is 1.00 bits per heavy atom. The number of carbonyl (C=O) groups is 1. The number of hydrogen-bond donors (Lipinski definition) is 3. The van der Waals surface area contributed by atoms with Gasteiger partial charge in [0.2, 0.25) is 10.0 Å². The van der Waals surface area contributed by atoms with Gasteiger partial charge in [-0.25, -0.2) is 22.3 Å². The summed E-state index contributed by atoms with van der Waals surface area (Å²) in [4.78, 5) is 11.9. The number of benzene rings is 2. The smallest absolute Gasteiger partial charge is 0.315 e. The first-order valence-corrected chi connectivity index (χ1v) is 8.68. The maximum Gasteiger partial charge on any atom is 0.315 e. The van der Waals surface area contributed by atoms with E-state index in [1.54, 1.807) is 30.3 Å². The van der Waals surface area contributed by atoms with Crippen molar-refractivity contribution in [3.63, 3.8) is 0 Å². The Balaban J connectivity index is 1.85. The lowest BCUT2D eigenvalue weighted by atomic mass is 10.2. The molecule has 0 heterocycles. The zero-order valence-corrected chi connectivity index (χ0v) is 13.9. The third-order valence-electron chi connectivity index (χ3n) is 3.35. The van der Waals surface area contributed by atoms with Gasteiger partial charge in [-0.1, -0.05) is 30.3 Å². The van der Waals surface area contributed by atoms with Gasteiger partial charge in [0.15, 0.2) is 0 Å². The second-order valence-corrected chi connectivity index (χ2v) is 6.87. The Bertz CT molecular complexity index is 808.